The van der Waals surface area contributed by atoms with Crippen LogP contribution in [-0.2, 0) is 4.79 Å². The van der Waals surface area contributed by atoms with E-state index in [-0.39, 0.29) is 11.3 Å². The first-order valence-corrected chi connectivity index (χ1v) is 8.57. The lowest BCUT2D eigenvalue weighted by Crippen LogP contribution is -2.51. The van der Waals surface area contributed by atoms with Crippen molar-refractivity contribution >= 4 is 17.7 Å². The fourth-order valence-corrected chi connectivity index (χ4v) is 3.20. The number of carbonyl (C=O) groups excluding carboxylic acids is 1. The summed E-state index contributed by atoms with van der Waals surface area (Å²) in [6.07, 6.45) is 4.30. The van der Waals surface area contributed by atoms with Gasteiger partial charge in [-0.25, -0.2) is 4.98 Å². The Bertz CT molecular complexity index is 554. The van der Waals surface area contributed by atoms with E-state index in [1.54, 1.807) is 0 Å². The van der Waals surface area contributed by atoms with Gasteiger partial charge in [0.1, 0.15) is 5.82 Å². The van der Waals surface area contributed by atoms with Crippen LogP contribution in [0.3, 0.4) is 0 Å². The minimum absolute atomic E-state index is 0.234. The lowest BCUT2D eigenvalue weighted by molar-refractivity contribution is -0.139. The average Bonchev–Trinajstić information content (AvgIpc) is 3.08. The lowest BCUT2D eigenvalue weighted by Gasteiger charge is -2.38. The second-order valence-electron chi connectivity index (χ2n) is 7.44. The van der Waals surface area contributed by atoms with Crippen LogP contribution in [0.25, 0.3) is 0 Å². The third-order valence-corrected chi connectivity index (χ3v) is 4.55. The van der Waals surface area contributed by atoms with Crippen LogP contribution in [0, 0.1) is 5.41 Å². The fourth-order valence-electron chi connectivity index (χ4n) is 3.20. The smallest absolute Gasteiger partial charge is 0.228 e. The SMILES string of the molecule is CC(C)(C)C(=O)N1CCN(c2ccnc(N3CCCC3)n2)CC1. The minimum atomic E-state index is -0.306. The lowest BCUT2D eigenvalue weighted by atomic mass is 9.94. The van der Waals surface area contributed by atoms with Crippen LogP contribution in [0.1, 0.15) is 33.6 Å². The molecule has 0 saturated carbocycles. The summed E-state index contributed by atoms with van der Waals surface area (Å²) in [5.74, 6) is 2.05. The number of nitrogens with zero attached hydrogens (tertiary/aromatic N) is 5. The first-order valence-electron chi connectivity index (χ1n) is 8.57. The van der Waals surface area contributed by atoms with Gasteiger partial charge in [-0.3, -0.25) is 4.79 Å². The van der Waals surface area contributed by atoms with Crippen molar-refractivity contribution in [2.75, 3.05) is 49.1 Å². The molecular formula is C17H27N5O. The molecule has 0 aliphatic carbocycles. The van der Waals surface area contributed by atoms with Crippen LogP contribution in [-0.4, -0.2) is 60.0 Å². The first kappa shape index (κ1) is 16.0. The maximum Gasteiger partial charge on any atom is 0.228 e. The van der Waals surface area contributed by atoms with Crippen LogP contribution in [0.15, 0.2) is 12.3 Å². The van der Waals surface area contributed by atoms with Crippen molar-refractivity contribution in [2.45, 2.75) is 33.6 Å². The van der Waals surface area contributed by atoms with E-state index in [0.29, 0.717) is 0 Å². The summed E-state index contributed by atoms with van der Waals surface area (Å²) in [7, 11) is 0. The van der Waals surface area contributed by atoms with Crippen LogP contribution < -0.4 is 9.80 Å². The number of hydrogen-bond donors (Lipinski definition) is 0. The van der Waals surface area contributed by atoms with Gasteiger partial charge in [0.2, 0.25) is 11.9 Å². The summed E-state index contributed by atoms with van der Waals surface area (Å²) in [5, 5.41) is 0. The Morgan fingerprint density at radius 2 is 1.65 bits per heavy atom. The summed E-state index contributed by atoms with van der Waals surface area (Å²) >= 11 is 0. The molecule has 126 valence electrons. The summed E-state index contributed by atoms with van der Waals surface area (Å²) in [6, 6.07) is 1.97. The molecule has 0 atom stereocenters. The molecule has 1 aromatic rings. The monoisotopic (exact) mass is 317 g/mol. The maximum atomic E-state index is 12.4. The molecule has 1 aromatic heterocycles. The summed E-state index contributed by atoms with van der Waals surface area (Å²) in [6.45, 7) is 11.2. The predicted octanol–water partition coefficient (Wildman–Crippen LogP) is 1.77. The highest BCUT2D eigenvalue weighted by Gasteiger charge is 2.30. The number of rotatable bonds is 2. The first-order chi connectivity index (χ1) is 10.9. The van der Waals surface area contributed by atoms with Crippen LogP contribution in [0.5, 0.6) is 0 Å². The number of aromatic nitrogens is 2. The van der Waals surface area contributed by atoms with E-state index in [2.05, 4.69) is 14.8 Å². The summed E-state index contributed by atoms with van der Waals surface area (Å²) < 4.78 is 0. The van der Waals surface area contributed by atoms with Gasteiger partial charge < -0.3 is 14.7 Å². The topological polar surface area (TPSA) is 52.6 Å². The number of carbonyl (C=O) groups is 1. The molecule has 3 heterocycles. The van der Waals surface area contributed by atoms with E-state index in [1.807, 2.05) is 37.9 Å². The zero-order valence-corrected chi connectivity index (χ0v) is 14.5. The Morgan fingerprint density at radius 1 is 1.00 bits per heavy atom. The molecule has 0 radical (unpaired) electrons. The van der Waals surface area contributed by atoms with Crippen LogP contribution >= 0.6 is 0 Å². The second-order valence-corrected chi connectivity index (χ2v) is 7.44. The van der Waals surface area contributed by atoms with Gasteiger partial charge in [0.25, 0.3) is 0 Å². The number of piperazine rings is 1. The van der Waals surface area contributed by atoms with Gasteiger partial charge in [-0.2, -0.15) is 4.98 Å². The zero-order valence-electron chi connectivity index (χ0n) is 14.5. The highest BCUT2D eigenvalue weighted by atomic mass is 16.2. The fraction of sp³-hybridized carbons (Fsp3) is 0.706. The van der Waals surface area contributed by atoms with E-state index in [1.165, 1.54) is 12.8 Å². The van der Waals surface area contributed by atoms with Crippen molar-refractivity contribution in [2.24, 2.45) is 5.41 Å². The zero-order chi connectivity index (χ0) is 16.4. The molecule has 2 saturated heterocycles. The highest BCUT2D eigenvalue weighted by Crippen LogP contribution is 2.22. The van der Waals surface area contributed by atoms with Gasteiger partial charge in [0.05, 0.1) is 0 Å². The van der Waals surface area contributed by atoms with Crippen molar-refractivity contribution in [3.63, 3.8) is 0 Å². The van der Waals surface area contributed by atoms with Gasteiger partial charge in [-0.15, -0.1) is 0 Å². The van der Waals surface area contributed by atoms with Crippen molar-refractivity contribution in [1.82, 2.24) is 14.9 Å². The van der Waals surface area contributed by atoms with Crippen molar-refractivity contribution in [3.05, 3.63) is 12.3 Å². The van der Waals surface area contributed by atoms with Crippen LogP contribution in [0.4, 0.5) is 11.8 Å². The van der Waals surface area contributed by atoms with E-state index < -0.39 is 0 Å². The molecule has 6 heteroatoms. The normalized spacial score (nSPS) is 19.3. The Kier molecular flexibility index (Phi) is 4.41. The Balaban J connectivity index is 1.63. The van der Waals surface area contributed by atoms with Crippen molar-refractivity contribution in [3.8, 4) is 0 Å². The Labute approximate surface area is 138 Å². The minimum Gasteiger partial charge on any atom is -0.353 e. The molecule has 1 amide bonds. The molecule has 3 rings (SSSR count). The number of anilines is 2. The van der Waals surface area contributed by atoms with Gasteiger partial charge in [0.15, 0.2) is 0 Å². The molecule has 0 bridgehead atoms. The average molecular weight is 317 g/mol. The molecule has 2 aliphatic rings. The van der Waals surface area contributed by atoms with Crippen molar-refractivity contribution < 1.29 is 4.79 Å². The Morgan fingerprint density at radius 3 is 2.26 bits per heavy atom. The van der Waals surface area contributed by atoms with E-state index in [9.17, 15) is 4.79 Å². The van der Waals surface area contributed by atoms with E-state index >= 15 is 0 Å². The third kappa shape index (κ3) is 3.57. The van der Waals surface area contributed by atoms with E-state index in [0.717, 1.165) is 51.0 Å². The molecule has 0 spiro atoms. The molecule has 0 aromatic carbocycles. The quantitative estimate of drug-likeness (QED) is 0.832. The molecule has 0 N–H and O–H groups in total. The molecule has 2 fully saturated rings. The largest absolute Gasteiger partial charge is 0.353 e. The van der Waals surface area contributed by atoms with Crippen LogP contribution in [0.2, 0.25) is 0 Å². The summed E-state index contributed by atoms with van der Waals surface area (Å²) in [5.41, 5.74) is -0.306. The van der Waals surface area contributed by atoms with E-state index in [4.69, 9.17) is 4.98 Å². The van der Waals surface area contributed by atoms with Gasteiger partial charge in [-0.05, 0) is 18.9 Å². The third-order valence-electron chi connectivity index (χ3n) is 4.55. The standard InChI is InChI=1S/C17H27N5O/c1-17(2,3)15(23)21-12-10-20(11-13-21)14-6-7-18-16(19-14)22-8-4-5-9-22/h6-7H,4-5,8-13H2,1-3H3. The molecule has 2 aliphatic heterocycles. The van der Waals surface area contributed by atoms with Gasteiger partial charge in [-0.1, -0.05) is 20.8 Å². The number of amides is 1. The summed E-state index contributed by atoms with van der Waals surface area (Å²) in [4.78, 5) is 28.0. The number of hydrogen-bond acceptors (Lipinski definition) is 5. The molecule has 6 nitrogen and oxygen atoms in total. The van der Waals surface area contributed by atoms with Gasteiger partial charge in [0, 0.05) is 50.9 Å². The van der Waals surface area contributed by atoms with Gasteiger partial charge >= 0.3 is 0 Å². The second kappa shape index (κ2) is 6.34. The highest BCUT2D eigenvalue weighted by molar-refractivity contribution is 5.81. The van der Waals surface area contributed by atoms with Crippen molar-refractivity contribution in [1.29, 1.82) is 0 Å². The predicted molar refractivity (Wildman–Crippen MR) is 91.7 cm³/mol. The Hall–Kier alpha value is -1.85. The molecule has 23 heavy (non-hydrogen) atoms. The molecule has 0 unspecified atom stereocenters. The molecular weight excluding hydrogens is 290 g/mol. The maximum absolute atomic E-state index is 12.4.